The minimum atomic E-state index is 0.0739. The molecule has 146 valence electrons. The standard InChI is InChI=1S/C22H30N2O2S/c25-20(13-22-10-15-7-16(11-22)9-17(8-15)12-22)23-14-21(26)24-5-1-3-18(24)19-4-2-6-27-19/h2,4,6,15-18H,1,3,5,7-14H2,(H,23,25). The van der Waals surface area contributed by atoms with Gasteiger partial charge < -0.3 is 10.2 Å². The predicted octanol–water partition coefficient (Wildman–Crippen LogP) is 4.13. The summed E-state index contributed by atoms with van der Waals surface area (Å²) >= 11 is 1.72. The van der Waals surface area contributed by atoms with E-state index in [-0.39, 0.29) is 29.8 Å². The van der Waals surface area contributed by atoms with Crippen molar-refractivity contribution in [3.63, 3.8) is 0 Å². The molecule has 5 heteroatoms. The van der Waals surface area contributed by atoms with Crippen LogP contribution in [0.4, 0.5) is 0 Å². The van der Waals surface area contributed by atoms with Crippen LogP contribution in [-0.4, -0.2) is 29.8 Å². The smallest absolute Gasteiger partial charge is 0.242 e. The Balaban J connectivity index is 1.16. The van der Waals surface area contributed by atoms with Gasteiger partial charge in [0.1, 0.15) is 0 Å². The van der Waals surface area contributed by atoms with Crippen molar-refractivity contribution in [1.29, 1.82) is 0 Å². The maximum atomic E-state index is 12.7. The molecule has 4 bridgehead atoms. The summed E-state index contributed by atoms with van der Waals surface area (Å²) in [5.74, 6) is 2.76. The summed E-state index contributed by atoms with van der Waals surface area (Å²) in [6, 6.07) is 4.37. The fourth-order valence-electron chi connectivity index (χ4n) is 7.03. The third kappa shape index (κ3) is 3.43. The molecule has 5 fully saturated rings. The van der Waals surface area contributed by atoms with E-state index < -0.39 is 0 Å². The molecule has 0 spiro atoms. The first kappa shape index (κ1) is 17.7. The molecular formula is C22H30N2O2S. The number of likely N-dealkylation sites (tertiary alicyclic amines) is 1. The van der Waals surface area contributed by atoms with E-state index in [1.807, 2.05) is 11.0 Å². The third-order valence-electron chi connectivity index (χ3n) is 7.58. The summed E-state index contributed by atoms with van der Waals surface area (Å²) < 4.78 is 0. The topological polar surface area (TPSA) is 49.4 Å². The Morgan fingerprint density at radius 1 is 1.15 bits per heavy atom. The summed E-state index contributed by atoms with van der Waals surface area (Å²) in [6.07, 6.45) is 10.7. The predicted molar refractivity (Wildman–Crippen MR) is 106 cm³/mol. The fraction of sp³-hybridized carbons (Fsp3) is 0.727. The Kier molecular flexibility index (Phi) is 4.53. The van der Waals surface area contributed by atoms with E-state index in [1.54, 1.807) is 11.3 Å². The molecule has 4 aliphatic carbocycles. The molecule has 4 saturated carbocycles. The quantitative estimate of drug-likeness (QED) is 0.827. The molecule has 1 aromatic rings. The van der Waals surface area contributed by atoms with Gasteiger partial charge >= 0.3 is 0 Å². The number of nitrogens with zero attached hydrogens (tertiary/aromatic N) is 1. The maximum absolute atomic E-state index is 12.7. The second kappa shape index (κ2) is 6.91. The summed E-state index contributed by atoms with van der Waals surface area (Å²) in [4.78, 5) is 28.6. The van der Waals surface area contributed by atoms with Gasteiger partial charge in [-0.15, -0.1) is 11.3 Å². The van der Waals surface area contributed by atoms with E-state index in [2.05, 4.69) is 16.8 Å². The van der Waals surface area contributed by atoms with E-state index in [1.165, 1.54) is 43.4 Å². The summed E-state index contributed by atoms with van der Waals surface area (Å²) in [5.41, 5.74) is 0.245. The van der Waals surface area contributed by atoms with Crippen molar-refractivity contribution in [1.82, 2.24) is 10.2 Å². The Hall–Kier alpha value is -1.36. The Morgan fingerprint density at radius 2 is 1.85 bits per heavy atom. The van der Waals surface area contributed by atoms with Crippen LogP contribution in [0.1, 0.15) is 68.7 Å². The lowest BCUT2D eigenvalue weighted by molar-refractivity contribution is -0.136. The monoisotopic (exact) mass is 386 g/mol. The molecule has 2 amide bonds. The summed E-state index contributed by atoms with van der Waals surface area (Å²) in [5, 5.41) is 5.05. The van der Waals surface area contributed by atoms with Gasteiger partial charge in [0, 0.05) is 17.8 Å². The van der Waals surface area contributed by atoms with E-state index in [0.717, 1.165) is 37.1 Å². The van der Waals surface area contributed by atoms with Crippen LogP contribution in [0, 0.1) is 23.2 Å². The van der Waals surface area contributed by atoms with Gasteiger partial charge in [-0.05, 0) is 86.0 Å². The minimum Gasteiger partial charge on any atom is -0.347 e. The maximum Gasteiger partial charge on any atom is 0.242 e. The highest BCUT2D eigenvalue weighted by molar-refractivity contribution is 7.10. The van der Waals surface area contributed by atoms with Crippen LogP contribution in [0.5, 0.6) is 0 Å². The van der Waals surface area contributed by atoms with Gasteiger partial charge in [0.25, 0.3) is 0 Å². The summed E-state index contributed by atoms with van der Waals surface area (Å²) in [6.45, 7) is 0.972. The van der Waals surface area contributed by atoms with Crippen LogP contribution < -0.4 is 5.32 Å². The SMILES string of the molecule is O=C(CC12CC3CC(CC(C3)C1)C2)NCC(=O)N1CCCC1c1cccs1. The van der Waals surface area contributed by atoms with Crippen molar-refractivity contribution in [3.8, 4) is 0 Å². The highest BCUT2D eigenvalue weighted by Gasteiger charge is 2.51. The Labute approximate surface area is 165 Å². The van der Waals surface area contributed by atoms with Crippen LogP contribution >= 0.6 is 11.3 Å². The molecule has 1 aromatic heterocycles. The zero-order chi connectivity index (χ0) is 18.4. The molecule has 4 nitrogen and oxygen atoms in total. The first-order chi connectivity index (χ1) is 13.1. The number of hydrogen-bond donors (Lipinski definition) is 1. The first-order valence-corrected chi connectivity index (χ1v) is 11.6. The number of hydrogen-bond acceptors (Lipinski definition) is 3. The average molecular weight is 387 g/mol. The molecule has 6 rings (SSSR count). The van der Waals surface area contributed by atoms with Crippen molar-refractivity contribution in [2.75, 3.05) is 13.1 Å². The molecule has 1 aliphatic heterocycles. The van der Waals surface area contributed by atoms with Crippen LogP contribution in [0.2, 0.25) is 0 Å². The van der Waals surface area contributed by atoms with Gasteiger partial charge in [-0.3, -0.25) is 9.59 Å². The van der Waals surface area contributed by atoms with Crippen molar-refractivity contribution in [2.45, 2.75) is 63.8 Å². The Morgan fingerprint density at radius 3 is 2.48 bits per heavy atom. The van der Waals surface area contributed by atoms with Crippen molar-refractivity contribution < 1.29 is 9.59 Å². The fourth-order valence-corrected chi connectivity index (χ4v) is 7.90. The van der Waals surface area contributed by atoms with E-state index >= 15 is 0 Å². The van der Waals surface area contributed by atoms with E-state index in [0.29, 0.717) is 6.42 Å². The third-order valence-corrected chi connectivity index (χ3v) is 8.56. The molecule has 1 N–H and O–H groups in total. The molecule has 5 aliphatic rings. The summed E-state index contributed by atoms with van der Waals surface area (Å²) in [7, 11) is 0. The first-order valence-electron chi connectivity index (χ1n) is 10.7. The minimum absolute atomic E-state index is 0.0739. The van der Waals surface area contributed by atoms with Crippen LogP contribution in [0.25, 0.3) is 0 Å². The zero-order valence-electron chi connectivity index (χ0n) is 16.0. The molecule has 27 heavy (non-hydrogen) atoms. The zero-order valence-corrected chi connectivity index (χ0v) is 16.8. The van der Waals surface area contributed by atoms with Gasteiger partial charge in [0.2, 0.25) is 11.8 Å². The average Bonchev–Trinajstić information content (AvgIpc) is 3.29. The molecule has 0 radical (unpaired) electrons. The number of thiophene rings is 1. The molecule has 1 unspecified atom stereocenters. The lowest BCUT2D eigenvalue weighted by Crippen LogP contribution is -2.48. The van der Waals surface area contributed by atoms with Crippen LogP contribution in [0.15, 0.2) is 17.5 Å². The lowest BCUT2D eigenvalue weighted by atomic mass is 9.49. The molecular weight excluding hydrogens is 356 g/mol. The largest absolute Gasteiger partial charge is 0.347 e. The number of amides is 2. The number of rotatable bonds is 5. The van der Waals surface area contributed by atoms with Crippen LogP contribution in [-0.2, 0) is 9.59 Å². The van der Waals surface area contributed by atoms with Gasteiger partial charge in [-0.25, -0.2) is 0 Å². The van der Waals surface area contributed by atoms with Gasteiger partial charge in [-0.2, -0.15) is 0 Å². The van der Waals surface area contributed by atoms with E-state index in [9.17, 15) is 9.59 Å². The molecule has 1 atom stereocenters. The normalized spacial score (nSPS) is 37.0. The highest BCUT2D eigenvalue weighted by Crippen LogP contribution is 2.61. The van der Waals surface area contributed by atoms with Gasteiger partial charge in [-0.1, -0.05) is 6.07 Å². The van der Waals surface area contributed by atoms with Gasteiger partial charge in [0.15, 0.2) is 0 Å². The Bertz CT molecular complexity index is 679. The van der Waals surface area contributed by atoms with Crippen molar-refractivity contribution in [2.24, 2.45) is 23.2 Å². The number of carbonyl (C=O) groups excluding carboxylic acids is 2. The highest BCUT2D eigenvalue weighted by atomic mass is 32.1. The second-order valence-electron chi connectivity index (χ2n) is 9.63. The molecule has 1 saturated heterocycles. The molecule has 0 aromatic carbocycles. The van der Waals surface area contributed by atoms with Crippen LogP contribution in [0.3, 0.4) is 0 Å². The second-order valence-corrected chi connectivity index (χ2v) is 10.6. The van der Waals surface area contributed by atoms with Crippen molar-refractivity contribution in [3.05, 3.63) is 22.4 Å². The molecule has 2 heterocycles. The van der Waals surface area contributed by atoms with E-state index in [4.69, 9.17) is 0 Å². The number of nitrogens with one attached hydrogen (secondary N) is 1. The lowest BCUT2D eigenvalue weighted by Gasteiger charge is -2.56. The number of carbonyl (C=O) groups is 2. The van der Waals surface area contributed by atoms with Gasteiger partial charge in [0.05, 0.1) is 12.6 Å². The van der Waals surface area contributed by atoms with Crippen molar-refractivity contribution >= 4 is 23.2 Å².